The van der Waals surface area contributed by atoms with Crippen molar-refractivity contribution in [1.82, 2.24) is 9.80 Å². The minimum Gasteiger partial charge on any atom is -0.497 e. The number of likely N-dealkylation sites (N-methyl/N-ethyl adjacent to an activating group) is 1. The molecule has 1 saturated heterocycles. The van der Waals surface area contributed by atoms with Gasteiger partial charge in [-0.1, -0.05) is 30.3 Å². The summed E-state index contributed by atoms with van der Waals surface area (Å²) in [5.74, 6) is 0.218. The summed E-state index contributed by atoms with van der Waals surface area (Å²) in [6.07, 6.45) is -0.633. The van der Waals surface area contributed by atoms with E-state index in [-0.39, 0.29) is 18.2 Å². The number of likely N-dealkylation sites (tertiary alicyclic amines) is 1. The van der Waals surface area contributed by atoms with Gasteiger partial charge in [0, 0.05) is 26.1 Å². The molecule has 1 heterocycles. The van der Waals surface area contributed by atoms with Crippen LogP contribution in [0.1, 0.15) is 28.4 Å². The molecule has 27 heavy (non-hydrogen) atoms. The van der Waals surface area contributed by atoms with Gasteiger partial charge in [-0.15, -0.1) is 0 Å². The van der Waals surface area contributed by atoms with Crippen molar-refractivity contribution in [2.24, 2.45) is 0 Å². The molecule has 2 amide bonds. The molecule has 0 aliphatic carbocycles. The smallest absolute Gasteiger partial charge is 0.255 e. The van der Waals surface area contributed by atoms with Crippen LogP contribution >= 0.6 is 0 Å². The molecule has 0 saturated carbocycles. The number of aliphatic hydroxyl groups excluding tert-OH is 1. The second kappa shape index (κ2) is 7.80. The zero-order valence-electron chi connectivity index (χ0n) is 15.7. The fourth-order valence-corrected chi connectivity index (χ4v) is 3.55. The third-order valence-electron chi connectivity index (χ3n) is 4.90. The Morgan fingerprint density at radius 1 is 1.07 bits per heavy atom. The standard InChI is InChI=1S/C21H24N2O4/c1-22(2)21(26)17-13-18(24)19(14-9-11-16(27-3)12-10-14)23(17)20(25)15-7-5-4-6-8-15/h4-12,17-19,24H,13H2,1-3H3/t17-,18-,19+/m0/s1. The molecule has 1 aliphatic heterocycles. The topological polar surface area (TPSA) is 70.1 Å². The van der Waals surface area contributed by atoms with Crippen LogP contribution in [0.5, 0.6) is 5.75 Å². The average molecular weight is 368 g/mol. The normalized spacial score (nSPS) is 21.8. The molecule has 2 aromatic carbocycles. The lowest BCUT2D eigenvalue weighted by molar-refractivity contribution is -0.133. The number of rotatable bonds is 4. The van der Waals surface area contributed by atoms with E-state index in [1.165, 1.54) is 9.80 Å². The molecule has 0 radical (unpaired) electrons. The second-order valence-electron chi connectivity index (χ2n) is 6.85. The zero-order chi connectivity index (χ0) is 19.6. The first-order valence-corrected chi connectivity index (χ1v) is 8.85. The van der Waals surface area contributed by atoms with Crippen molar-refractivity contribution < 1.29 is 19.4 Å². The lowest BCUT2D eigenvalue weighted by atomic mass is 10.0. The van der Waals surface area contributed by atoms with Gasteiger partial charge in [-0.05, 0) is 29.8 Å². The van der Waals surface area contributed by atoms with Crippen molar-refractivity contribution in [2.75, 3.05) is 21.2 Å². The molecule has 0 aromatic heterocycles. The third kappa shape index (κ3) is 3.66. The van der Waals surface area contributed by atoms with Gasteiger partial charge in [-0.25, -0.2) is 0 Å². The Balaban J connectivity index is 2.03. The molecule has 0 bridgehead atoms. The first kappa shape index (κ1) is 18.9. The van der Waals surface area contributed by atoms with Crippen LogP contribution in [0, 0.1) is 0 Å². The summed E-state index contributed by atoms with van der Waals surface area (Å²) < 4.78 is 5.19. The molecule has 3 rings (SSSR count). The summed E-state index contributed by atoms with van der Waals surface area (Å²) >= 11 is 0. The van der Waals surface area contributed by atoms with E-state index in [0.717, 1.165) is 5.56 Å². The molecular weight excluding hydrogens is 344 g/mol. The highest BCUT2D eigenvalue weighted by molar-refractivity contribution is 5.98. The summed E-state index contributed by atoms with van der Waals surface area (Å²) in [6, 6.07) is 14.7. The number of benzene rings is 2. The molecule has 6 heteroatoms. The highest BCUT2D eigenvalue weighted by atomic mass is 16.5. The van der Waals surface area contributed by atoms with Gasteiger partial charge in [0.05, 0.1) is 19.3 Å². The predicted molar refractivity (Wildman–Crippen MR) is 101 cm³/mol. The maximum Gasteiger partial charge on any atom is 0.255 e. The molecule has 3 atom stereocenters. The minimum absolute atomic E-state index is 0.200. The summed E-state index contributed by atoms with van der Waals surface area (Å²) in [6.45, 7) is 0. The van der Waals surface area contributed by atoms with Gasteiger partial charge in [0.25, 0.3) is 5.91 Å². The quantitative estimate of drug-likeness (QED) is 0.897. The summed E-state index contributed by atoms with van der Waals surface area (Å²) in [5, 5.41) is 10.7. The van der Waals surface area contributed by atoms with E-state index < -0.39 is 18.2 Å². The fourth-order valence-electron chi connectivity index (χ4n) is 3.55. The van der Waals surface area contributed by atoms with E-state index in [2.05, 4.69) is 0 Å². The van der Waals surface area contributed by atoms with E-state index in [4.69, 9.17) is 4.74 Å². The van der Waals surface area contributed by atoms with Gasteiger partial charge < -0.3 is 19.6 Å². The molecule has 1 fully saturated rings. The molecule has 1 N–H and O–H groups in total. The SMILES string of the molecule is COc1ccc([C@@H]2[C@@H](O)C[C@@H](C(=O)N(C)C)N2C(=O)c2ccccc2)cc1. The number of aliphatic hydroxyl groups is 1. The number of carbonyl (C=O) groups excluding carboxylic acids is 2. The summed E-state index contributed by atoms with van der Waals surface area (Å²) in [5.41, 5.74) is 1.25. The molecule has 1 aliphatic rings. The lowest BCUT2D eigenvalue weighted by Gasteiger charge is -2.31. The average Bonchev–Trinajstić information content (AvgIpc) is 3.04. The summed E-state index contributed by atoms with van der Waals surface area (Å²) in [4.78, 5) is 28.9. The predicted octanol–water partition coefficient (Wildman–Crippen LogP) is 2.10. The van der Waals surface area contributed by atoms with Crippen molar-refractivity contribution in [2.45, 2.75) is 24.6 Å². The van der Waals surface area contributed by atoms with Gasteiger partial charge in [0.1, 0.15) is 11.8 Å². The Hall–Kier alpha value is -2.86. The van der Waals surface area contributed by atoms with E-state index in [9.17, 15) is 14.7 Å². The Morgan fingerprint density at radius 2 is 1.70 bits per heavy atom. The maximum atomic E-state index is 13.3. The lowest BCUT2D eigenvalue weighted by Crippen LogP contribution is -2.46. The molecule has 6 nitrogen and oxygen atoms in total. The van der Waals surface area contributed by atoms with Crippen LogP contribution in [0.15, 0.2) is 54.6 Å². The number of hydrogen-bond acceptors (Lipinski definition) is 4. The number of amides is 2. The Morgan fingerprint density at radius 3 is 2.26 bits per heavy atom. The first-order valence-electron chi connectivity index (χ1n) is 8.85. The van der Waals surface area contributed by atoms with Gasteiger partial charge in [0.15, 0.2) is 0 Å². The van der Waals surface area contributed by atoms with E-state index in [1.807, 2.05) is 18.2 Å². The number of hydrogen-bond donors (Lipinski definition) is 1. The fraction of sp³-hybridized carbons (Fsp3) is 0.333. The molecule has 0 unspecified atom stereocenters. The second-order valence-corrected chi connectivity index (χ2v) is 6.85. The minimum atomic E-state index is -0.833. The Bertz CT molecular complexity index is 805. The van der Waals surface area contributed by atoms with Crippen molar-refractivity contribution in [3.63, 3.8) is 0 Å². The highest BCUT2D eigenvalue weighted by Crippen LogP contribution is 2.38. The van der Waals surface area contributed by atoms with Gasteiger partial charge in [-0.2, -0.15) is 0 Å². The van der Waals surface area contributed by atoms with Gasteiger partial charge in [0.2, 0.25) is 5.91 Å². The summed E-state index contributed by atoms with van der Waals surface area (Å²) in [7, 11) is 4.89. The monoisotopic (exact) mass is 368 g/mol. The molecule has 2 aromatic rings. The molecular formula is C21H24N2O4. The number of methoxy groups -OCH3 is 1. The van der Waals surface area contributed by atoms with Gasteiger partial charge in [-0.3, -0.25) is 9.59 Å². The van der Waals surface area contributed by atoms with E-state index in [0.29, 0.717) is 11.3 Å². The van der Waals surface area contributed by atoms with Crippen molar-refractivity contribution in [1.29, 1.82) is 0 Å². The van der Waals surface area contributed by atoms with Crippen LogP contribution in [0.25, 0.3) is 0 Å². The van der Waals surface area contributed by atoms with Crippen LogP contribution in [0.4, 0.5) is 0 Å². The van der Waals surface area contributed by atoms with Crippen molar-refractivity contribution >= 4 is 11.8 Å². The largest absolute Gasteiger partial charge is 0.497 e. The van der Waals surface area contributed by atoms with Crippen molar-refractivity contribution in [3.8, 4) is 5.75 Å². The van der Waals surface area contributed by atoms with E-state index >= 15 is 0 Å². The number of carbonyl (C=O) groups is 2. The Kier molecular flexibility index (Phi) is 5.46. The van der Waals surface area contributed by atoms with Crippen LogP contribution in [-0.4, -0.2) is 60.1 Å². The van der Waals surface area contributed by atoms with Crippen LogP contribution in [-0.2, 0) is 4.79 Å². The third-order valence-corrected chi connectivity index (χ3v) is 4.90. The zero-order valence-corrected chi connectivity index (χ0v) is 15.7. The number of nitrogens with zero attached hydrogens (tertiary/aromatic N) is 2. The maximum absolute atomic E-state index is 13.3. The Labute approximate surface area is 159 Å². The molecule has 142 valence electrons. The van der Waals surface area contributed by atoms with Crippen LogP contribution < -0.4 is 4.74 Å². The van der Waals surface area contributed by atoms with Crippen LogP contribution in [0.3, 0.4) is 0 Å². The van der Waals surface area contributed by atoms with E-state index in [1.54, 1.807) is 57.6 Å². The van der Waals surface area contributed by atoms with Crippen molar-refractivity contribution in [3.05, 3.63) is 65.7 Å². The van der Waals surface area contributed by atoms with Gasteiger partial charge >= 0.3 is 0 Å². The number of ether oxygens (including phenoxy) is 1. The first-order chi connectivity index (χ1) is 12.9. The highest BCUT2D eigenvalue weighted by Gasteiger charge is 2.47. The van der Waals surface area contributed by atoms with Crippen LogP contribution in [0.2, 0.25) is 0 Å². The molecule has 0 spiro atoms.